The summed E-state index contributed by atoms with van der Waals surface area (Å²) in [6.07, 6.45) is 5.54. The molecule has 1 aromatic carbocycles. The molecule has 0 saturated heterocycles. The van der Waals surface area contributed by atoms with Gasteiger partial charge in [-0.05, 0) is 37.1 Å². The van der Waals surface area contributed by atoms with E-state index >= 15 is 0 Å². The largest absolute Gasteiger partial charge is 0.354 e. The minimum absolute atomic E-state index is 0.136. The maximum Gasteiger partial charge on any atom is 0.275 e. The van der Waals surface area contributed by atoms with Gasteiger partial charge in [-0.1, -0.05) is 47.6 Å². The Labute approximate surface area is 138 Å². The molecule has 0 aliphatic heterocycles. The number of benzene rings is 1. The van der Waals surface area contributed by atoms with Gasteiger partial charge in [0.25, 0.3) is 5.91 Å². The van der Waals surface area contributed by atoms with Crippen LogP contribution >= 0.6 is 23.2 Å². The van der Waals surface area contributed by atoms with Crippen LogP contribution in [0.5, 0.6) is 0 Å². The van der Waals surface area contributed by atoms with E-state index in [1.807, 2.05) is 0 Å². The molecule has 1 aromatic heterocycles. The van der Waals surface area contributed by atoms with Gasteiger partial charge in [-0.2, -0.15) is 0 Å². The minimum Gasteiger partial charge on any atom is -0.354 e. The van der Waals surface area contributed by atoms with Crippen LogP contribution in [-0.2, 0) is 0 Å². The Bertz CT molecular complexity index is 661. The summed E-state index contributed by atoms with van der Waals surface area (Å²) < 4.78 is 5.25. The summed E-state index contributed by atoms with van der Waals surface area (Å²) in [7, 11) is 0. The summed E-state index contributed by atoms with van der Waals surface area (Å²) in [5, 5.41) is 7.66. The molecular formula is C16H16Cl2N2O2. The second-order valence-electron chi connectivity index (χ2n) is 5.49. The first-order valence-electron chi connectivity index (χ1n) is 7.37. The molecule has 1 aliphatic rings. The Morgan fingerprint density at radius 2 is 1.82 bits per heavy atom. The van der Waals surface area contributed by atoms with Gasteiger partial charge in [-0.25, -0.2) is 0 Å². The number of hydrogen-bond acceptors (Lipinski definition) is 3. The maximum absolute atomic E-state index is 12.3. The second-order valence-corrected chi connectivity index (χ2v) is 6.30. The smallest absolute Gasteiger partial charge is 0.275 e. The number of aromatic nitrogens is 1. The molecular weight excluding hydrogens is 323 g/mol. The quantitative estimate of drug-likeness (QED) is 0.881. The fourth-order valence-corrected chi connectivity index (χ4v) is 3.09. The zero-order valence-electron chi connectivity index (χ0n) is 11.9. The molecule has 1 aliphatic carbocycles. The molecule has 22 heavy (non-hydrogen) atoms. The molecule has 3 rings (SSSR count). The van der Waals surface area contributed by atoms with E-state index in [2.05, 4.69) is 10.5 Å². The van der Waals surface area contributed by atoms with Gasteiger partial charge in [-0.15, -0.1) is 0 Å². The van der Waals surface area contributed by atoms with Crippen molar-refractivity contribution in [1.29, 1.82) is 0 Å². The van der Waals surface area contributed by atoms with Gasteiger partial charge in [-0.3, -0.25) is 4.79 Å². The lowest BCUT2D eigenvalue weighted by atomic mass is 9.95. The van der Waals surface area contributed by atoms with Crippen LogP contribution in [0.4, 0.5) is 0 Å². The molecule has 1 N–H and O–H groups in total. The average molecular weight is 339 g/mol. The normalized spacial score (nSPS) is 15.7. The Morgan fingerprint density at radius 3 is 2.50 bits per heavy atom. The predicted molar refractivity (Wildman–Crippen MR) is 86.3 cm³/mol. The molecule has 0 radical (unpaired) electrons. The first kappa shape index (κ1) is 15.4. The summed E-state index contributed by atoms with van der Waals surface area (Å²) >= 11 is 12.1. The fourth-order valence-electron chi connectivity index (χ4n) is 2.70. The molecule has 0 atom stereocenters. The maximum atomic E-state index is 12.3. The van der Waals surface area contributed by atoms with Gasteiger partial charge in [0, 0.05) is 16.6 Å². The van der Waals surface area contributed by atoms with Crippen molar-refractivity contribution in [2.75, 3.05) is 0 Å². The third kappa shape index (κ3) is 3.28. The summed E-state index contributed by atoms with van der Waals surface area (Å²) in [4.78, 5) is 12.3. The van der Waals surface area contributed by atoms with Crippen molar-refractivity contribution >= 4 is 29.1 Å². The van der Waals surface area contributed by atoms with E-state index in [4.69, 9.17) is 27.7 Å². The highest BCUT2D eigenvalue weighted by Crippen LogP contribution is 2.31. The monoisotopic (exact) mass is 338 g/mol. The van der Waals surface area contributed by atoms with Gasteiger partial charge in [0.15, 0.2) is 11.5 Å². The third-order valence-electron chi connectivity index (χ3n) is 3.90. The number of rotatable bonds is 3. The number of amides is 1. The number of nitrogens with one attached hydrogen (secondary N) is 1. The van der Waals surface area contributed by atoms with E-state index in [1.54, 1.807) is 24.3 Å². The van der Waals surface area contributed by atoms with Gasteiger partial charge in [0.1, 0.15) is 5.02 Å². The van der Waals surface area contributed by atoms with Gasteiger partial charge >= 0.3 is 0 Å². The fraction of sp³-hybridized carbons (Fsp3) is 0.375. The lowest BCUT2D eigenvalue weighted by Gasteiger charge is -2.22. The molecule has 116 valence electrons. The van der Waals surface area contributed by atoms with E-state index in [1.165, 1.54) is 6.42 Å². The first-order valence-corrected chi connectivity index (χ1v) is 8.12. The average Bonchev–Trinajstić information content (AvgIpc) is 2.91. The molecule has 4 nitrogen and oxygen atoms in total. The highest BCUT2D eigenvalue weighted by Gasteiger charge is 2.24. The van der Waals surface area contributed by atoms with Gasteiger partial charge < -0.3 is 9.84 Å². The number of carbonyl (C=O) groups is 1. The van der Waals surface area contributed by atoms with Crippen molar-refractivity contribution in [3.8, 4) is 11.3 Å². The molecule has 1 amide bonds. The Hall–Kier alpha value is -1.52. The number of hydrogen-bond donors (Lipinski definition) is 1. The highest BCUT2D eigenvalue weighted by molar-refractivity contribution is 6.35. The van der Waals surface area contributed by atoms with Crippen LogP contribution in [0.2, 0.25) is 10.0 Å². The van der Waals surface area contributed by atoms with Crippen molar-refractivity contribution in [2.45, 2.75) is 38.1 Å². The lowest BCUT2D eigenvalue weighted by Crippen LogP contribution is -2.36. The number of halogens is 2. The van der Waals surface area contributed by atoms with E-state index in [-0.39, 0.29) is 22.7 Å². The van der Waals surface area contributed by atoms with Crippen LogP contribution in [0.3, 0.4) is 0 Å². The molecule has 0 bridgehead atoms. The summed E-state index contributed by atoms with van der Waals surface area (Å²) in [5.74, 6) is 0.105. The second kappa shape index (κ2) is 6.71. The number of nitrogens with zero attached hydrogens (tertiary/aromatic N) is 1. The van der Waals surface area contributed by atoms with Gasteiger partial charge in [0.05, 0.1) is 0 Å². The van der Waals surface area contributed by atoms with Crippen molar-refractivity contribution in [2.24, 2.45) is 0 Å². The minimum atomic E-state index is -0.277. The van der Waals surface area contributed by atoms with Crippen LogP contribution in [0.15, 0.2) is 28.8 Å². The van der Waals surface area contributed by atoms with Crippen LogP contribution in [0, 0.1) is 0 Å². The SMILES string of the molecule is O=C(NC1CCCCC1)c1noc(-c2ccc(Cl)cc2)c1Cl. The summed E-state index contributed by atoms with van der Waals surface area (Å²) in [6.45, 7) is 0. The van der Waals surface area contributed by atoms with E-state index < -0.39 is 0 Å². The van der Waals surface area contributed by atoms with Crippen LogP contribution in [-0.4, -0.2) is 17.1 Å². The highest BCUT2D eigenvalue weighted by atomic mass is 35.5. The molecule has 2 aromatic rings. The Kier molecular flexibility index (Phi) is 4.69. The van der Waals surface area contributed by atoms with Crippen molar-refractivity contribution in [1.82, 2.24) is 10.5 Å². The topological polar surface area (TPSA) is 55.1 Å². The van der Waals surface area contributed by atoms with Crippen LogP contribution in [0.25, 0.3) is 11.3 Å². The Morgan fingerprint density at radius 1 is 1.14 bits per heavy atom. The van der Waals surface area contributed by atoms with Crippen molar-refractivity contribution in [3.63, 3.8) is 0 Å². The van der Waals surface area contributed by atoms with E-state index in [0.29, 0.717) is 10.8 Å². The summed E-state index contributed by atoms with van der Waals surface area (Å²) in [5.41, 5.74) is 0.871. The molecule has 1 heterocycles. The zero-order valence-corrected chi connectivity index (χ0v) is 13.5. The molecule has 0 spiro atoms. The number of carbonyl (C=O) groups excluding carboxylic acids is 1. The van der Waals surface area contributed by atoms with Crippen LogP contribution < -0.4 is 5.32 Å². The molecule has 0 unspecified atom stereocenters. The third-order valence-corrected chi connectivity index (χ3v) is 4.50. The van der Waals surface area contributed by atoms with Crippen molar-refractivity contribution < 1.29 is 9.32 Å². The first-order chi connectivity index (χ1) is 10.6. The van der Waals surface area contributed by atoms with E-state index in [0.717, 1.165) is 31.2 Å². The molecule has 1 fully saturated rings. The lowest BCUT2D eigenvalue weighted by molar-refractivity contribution is 0.0919. The summed E-state index contributed by atoms with van der Waals surface area (Å²) in [6, 6.07) is 7.22. The Balaban J connectivity index is 1.77. The molecule has 6 heteroatoms. The predicted octanol–water partition coefficient (Wildman–Crippen LogP) is 4.71. The molecule has 1 saturated carbocycles. The van der Waals surface area contributed by atoms with Gasteiger partial charge in [0.2, 0.25) is 0 Å². The zero-order chi connectivity index (χ0) is 15.5. The standard InChI is InChI=1S/C16H16Cl2N2O2/c17-11-8-6-10(7-9-11)15-13(18)14(20-22-15)16(21)19-12-4-2-1-3-5-12/h6-9,12H,1-5H2,(H,19,21). The van der Waals surface area contributed by atoms with Crippen molar-refractivity contribution in [3.05, 3.63) is 40.0 Å². The van der Waals surface area contributed by atoms with Crippen LogP contribution in [0.1, 0.15) is 42.6 Å². The van der Waals surface area contributed by atoms with E-state index in [9.17, 15) is 4.79 Å².